The number of benzene rings is 1. The molecular formula is C9H7BrClFO2. The Morgan fingerprint density at radius 1 is 1.64 bits per heavy atom. The number of carbonyl (C=O) groups excluding carboxylic acids is 1. The molecule has 0 amide bonds. The van der Waals surface area contributed by atoms with E-state index in [9.17, 15) is 9.18 Å². The van der Waals surface area contributed by atoms with Crippen molar-refractivity contribution < 1.29 is 13.9 Å². The van der Waals surface area contributed by atoms with Gasteiger partial charge in [0.15, 0.2) is 0 Å². The fraction of sp³-hybridized carbons (Fsp3) is 0.222. The number of carbonyl (C=O) groups is 1. The molecule has 1 aromatic rings. The van der Waals surface area contributed by atoms with Crippen LogP contribution >= 0.6 is 27.5 Å². The number of rotatable bonds is 2. The van der Waals surface area contributed by atoms with Gasteiger partial charge in [-0.1, -0.05) is 11.6 Å². The van der Waals surface area contributed by atoms with E-state index in [1.807, 2.05) is 0 Å². The van der Waals surface area contributed by atoms with Crippen LogP contribution in [0.25, 0.3) is 0 Å². The predicted molar refractivity (Wildman–Crippen MR) is 55.1 cm³/mol. The van der Waals surface area contributed by atoms with Crippen molar-refractivity contribution in [2.75, 3.05) is 6.61 Å². The van der Waals surface area contributed by atoms with Crippen LogP contribution in [0.5, 0.6) is 0 Å². The normalized spacial score (nSPS) is 10.0. The van der Waals surface area contributed by atoms with Crippen molar-refractivity contribution in [2.24, 2.45) is 0 Å². The highest BCUT2D eigenvalue weighted by atomic mass is 79.9. The van der Waals surface area contributed by atoms with Gasteiger partial charge in [0, 0.05) is 0 Å². The summed E-state index contributed by atoms with van der Waals surface area (Å²) in [6, 6.07) is 2.45. The van der Waals surface area contributed by atoms with Crippen molar-refractivity contribution in [3.63, 3.8) is 0 Å². The summed E-state index contributed by atoms with van der Waals surface area (Å²) in [5.74, 6) is -1.10. The number of hydrogen-bond acceptors (Lipinski definition) is 2. The molecule has 1 rings (SSSR count). The van der Waals surface area contributed by atoms with E-state index in [0.717, 1.165) is 6.07 Å². The molecule has 1 aromatic carbocycles. The van der Waals surface area contributed by atoms with E-state index in [1.165, 1.54) is 6.07 Å². The molecule has 0 saturated carbocycles. The molecule has 0 aliphatic heterocycles. The molecule has 0 aliphatic rings. The lowest BCUT2D eigenvalue weighted by Crippen LogP contribution is -2.06. The molecule has 2 nitrogen and oxygen atoms in total. The molecule has 5 heteroatoms. The average molecular weight is 282 g/mol. The molecule has 0 heterocycles. The maximum absolute atomic E-state index is 12.9. The highest BCUT2D eigenvalue weighted by Crippen LogP contribution is 2.29. The fourth-order valence-electron chi connectivity index (χ4n) is 0.892. The first-order valence-electron chi connectivity index (χ1n) is 3.88. The van der Waals surface area contributed by atoms with Crippen LogP contribution in [0.1, 0.15) is 17.3 Å². The lowest BCUT2D eigenvalue weighted by molar-refractivity contribution is 0.0525. The highest BCUT2D eigenvalue weighted by molar-refractivity contribution is 9.10. The molecular weight excluding hydrogens is 274 g/mol. The quantitative estimate of drug-likeness (QED) is 0.613. The predicted octanol–water partition coefficient (Wildman–Crippen LogP) is 3.42. The van der Waals surface area contributed by atoms with E-state index in [4.69, 9.17) is 16.3 Å². The Morgan fingerprint density at radius 2 is 2.29 bits per heavy atom. The van der Waals surface area contributed by atoms with Gasteiger partial charge in [0.05, 0.1) is 21.7 Å². The minimum absolute atomic E-state index is 0.115. The second kappa shape index (κ2) is 4.75. The lowest BCUT2D eigenvalue weighted by Gasteiger charge is -2.05. The molecule has 0 spiro atoms. The summed E-state index contributed by atoms with van der Waals surface area (Å²) in [4.78, 5) is 11.3. The summed E-state index contributed by atoms with van der Waals surface area (Å²) < 4.78 is 17.9. The van der Waals surface area contributed by atoms with E-state index >= 15 is 0 Å². The van der Waals surface area contributed by atoms with Crippen LogP contribution in [-0.2, 0) is 4.74 Å². The number of hydrogen-bond donors (Lipinski definition) is 0. The van der Waals surface area contributed by atoms with Crippen molar-refractivity contribution in [1.29, 1.82) is 0 Å². The van der Waals surface area contributed by atoms with Gasteiger partial charge in [-0.3, -0.25) is 0 Å². The number of halogens is 3. The Hall–Kier alpha value is -0.610. The van der Waals surface area contributed by atoms with E-state index in [-0.39, 0.29) is 21.7 Å². The van der Waals surface area contributed by atoms with Gasteiger partial charge in [-0.05, 0) is 35.0 Å². The fourth-order valence-corrected chi connectivity index (χ4v) is 1.54. The third kappa shape index (κ3) is 2.25. The Kier molecular flexibility index (Phi) is 3.89. The zero-order valence-corrected chi connectivity index (χ0v) is 9.65. The molecule has 76 valence electrons. The first kappa shape index (κ1) is 11.5. The molecule has 14 heavy (non-hydrogen) atoms. The maximum atomic E-state index is 12.9. The van der Waals surface area contributed by atoms with Gasteiger partial charge in [-0.25, -0.2) is 9.18 Å². The van der Waals surface area contributed by atoms with Gasteiger partial charge in [-0.2, -0.15) is 0 Å². The van der Waals surface area contributed by atoms with Crippen LogP contribution in [0, 0.1) is 5.82 Å². The third-order valence-corrected chi connectivity index (χ3v) is 2.95. The van der Waals surface area contributed by atoms with Gasteiger partial charge in [-0.15, -0.1) is 0 Å². The highest BCUT2D eigenvalue weighted by Gasteiger charge is 2.15. The molecule has 0 saturated heterocycles. The van der Waals surface area contributed by atoms with E-state index < -0.39 is 11.8 Å². The summed E-state index contributed by atoms with van der Waals surface area (Å²) in [7, 11) is 0. The van der Waals surface area contributed by atoms with Crippen LogP contribution < -0.4 is 0 Å². The Balaban J connectivity index is 3.11. The Labute approximate surface area is 94.1 Å². The van der Waals surface area contributed by atoms with Crippen LogP contribution in [-0.4, -0.2) is 12.6 Å². The van der Waals surface area contributed by atoms with E-state index in [0.29, 0.717) is 0 Å². The second-order valence-corrected chi connectivity index (χ2v) is 3.61. The molecule has 0 fully saturated rings. The summed E-state index contributed by atoms with van der Waals surface area (Å²) in [6.45, 7) is 1.96. The van der Waals surface area contributed by atoms with Crippen molar-refractivity contribution in [1.82, 2.24) is 0 Å². The minimum atomic E-state index is -0.577. The van der Waals surface area contributed by atoms with Crippen LogP contribution in [0.4, 0.5) is 4.39 Å². The topological polar surface area (TPSA) is 26.3 Å². The largest absolute Gasteiger partial charge is 0.462 e. The summed E-state index contributed by atoms with van der Waals surface area (Å²) in [5, 5.41) is -0.115. The lowest BCUT2D eigenvalue weighted by atomic mass is 10.2. The zero-order chi connectivity index (χ0) is 10.7. The van der Waals surface area contributed by atoms with Gasteiger partial charge >= 0.3 is 5.97 Å². The Morgan fingerprint density at radius 3 is 2.86 bits per heavy atom. The smallest absolute Gasteiger partial charge is 0.339 e. The van der Waals surface area contributed by atoms with Gasteiger partial charge < -0.3 is 4.74 Å². The van der Waals surface area contributed by atoms with Crippen LogP contribution in [0.2, 0.25) is 5.02 Å². The van der Waals surface area contributed by atoms with Gasteiger partial charge in [0.25, 0.3) is 0 Å². The first-order chi connectivity index (χ1) is 6.57. The SMILES string of the molecule is CCOC(=O)c1ccc(F)c(Cl)c1Br. The zero-order valence-electron chi connectivity index (χ0n) is 7.31. The van der Waals surface area contributed by atoms with Crippen LogP contribution in [0.15, 0.2) is 16.6 Å². The monoisotopic (exact) mass is 280 g/mol. The second-order valence-electron chi connectivity index (χ2n) is 2.44. The number of ether oxygens (including phenoxy) is 1. The molecule has 0 unspecified atom stereocenters. The van der Waals surface area contributed by atoms with E-state index in [1.54, 1.807) is 6.92 Å². The number of esters is 1. The van der Waals surface area contributed by atoms with Gasteiger partial charge in [0.1, 0.15) is 5.82 Å². The molecule has 0 atom stereocenters. The summed E-state index contributed by atoms with van der Waals surface area (Å²) in [5.41, 5.74) is 0.221. The summed E-state index contributed by atoms with van der Waals surface area (Å²) >= 11 is 8.63. The molecule has 0 radical (unpaired) electrons. The maximum Gasteiger partial charge on any atom is 0.339 e. The summed E-state index contributed by atoms with van der Waals surface area (Å²) in [6.07, 6.45) is 0. The Bertz CT molecular complexity index is 368. The van der Waals surface area contributed by atoms with E-state index in [2.05, 4.69) is 15.9 Å². The van der Waals surface area contributed by atoms with Gasteiger partial charge in [0.2, 0.25) is 0 Å². The van der Waals surface area contributed by atoms with Crippen molar-refractivity contribution in [2.45, 2.75) is 6.92 Å². The molecule has 0 aromatic heterocycles. The van der Waals surface area contributed by atoms with Crippen LogP contribution in [0.3, 0.4) is 0 Å². The standard InChI is InChI=1S/C9H7BrClFO2/c1-2-14-9(13)5-3-4-6(12)8(11)7(5)10/h3-4H,2H2,1H3. The van der Waals surface area contributed by atoms with Crippen molar-refractivity contribution in [3.8, 4) is 0 Å². The molecule has 0 N–H and O–H groups in total. The van der Waals surface area contributed by atoms with Crippen molar-refractivity contribution in [3.05, 3.63) is 33.0 Å². The minimum Gasteiger partial charge on any atom is -0.462 e. The molecule has 0 bridgehead atoms. The average Bonchev–Trinajstić information content (AvgIpc) is 2.15. The molecule has 0 aliphatic carbocycles. The first-order valence-corrected chi connectivity index (χ1v) is 5.05. The third-order valence-electron chi connectivity index (χ3n) is 1.53. The van der Waals surface area contributed by atoms with Crippen molar-refractivity contribution >= 4 is 33.5 Å².